The molecule has 0 aromatic carbocycles. The highest BCUT2D eigenvalue weighted by Crippen LogP contribution is 2.33. The fourth-order valence-corrected chi connectivity index (χ4v) is 4.20. The molecule has 0 radical (unpaired) electrons. The van der Waals surface area contributed by atoms with Crippen molar-refractivity contribution in [3.8, 4) is 0 Å². The standard InChI is InChI=1S/C17H33NO2/c1-2-6-14-8-9-17(20)15(11-14)12-18-10-5-3-4-7-16(18)13-19/h14-17,19-20H,2-13H2,1H3. The summed E-state index contributed by atoms with van der Waals surface area (Å²) in [5.41, 5.74) is 0. The largest absolute Gasteiger partial charge is 0.395 e. The summed E-state index contributed by atoms with van der Waals surface area (Å²) in [7, 11) is 0. The minimum absolute atomic E-state index is 0.120. The molecule has 2 aliphatic rings. The Hall–Kier alpha value is -0.120. The van der Waals surface area contributed by atoms with Crippen LogP contribution >= 0.6 is 0 Å². The van der Waals surface area contributed by atoms with Crippen molar-refractivity contribution in [1.29, 1.82) is 0 Å². The highest BCUT2D eigenvalue weighted by molar-refractivity contribution is 4.84. The van der Waals surface area contributed by atoms with Crippen molar-refractivity contribution < 1.29 is 10.2 Å². The zero-order valence-corrected chi connectivity index (χ0v) is 13.1. The summed E-state index contributed by atoms with van der Waals surface area (Å²) in [6.45, 7) is 4.64. The van der Waals surface area contributed by atoms with E-state index in [2.05, 4.69) is 11.8 Å². The Bertz CT molecular complexity index is 272. The molecule has 3 heteroatoms. The molecule has 0 aromatic heterocycles. The second-order valence-corrected chi connectivity index (χ2v) is 6.98. The van der Waals surface area contributed by atoms with Crippen LogP contribution < -0.4 is 0 Å². The summed E-state index contributed by atoms with van der Waals surface area (Å²) >= 11 is 0. The molecule has 1 aliphatic heterocycles. The van der Waals surface area contributed by atoms with Gasteiger partial charge in [0, 0.05) is 12.6 Å². The van der Waals surface area contributed by atoms with Crippen LogP contribution in [0.2, 0.25) is 0 Å². The van der Waals surface area contributed by atoms with Crippen LogP contribution in [0.3, 0.4) is 0 Å². The van der Waals surface area contributed by atoms with Gasteiger partial charge in [-0.2, -0.15) is 0 Å². The van der Waals surface area contributed by atoms with E-state index in [0.29, 0.717) is 12.0 Å². The molecule has 0 amide bonds. The summed E-state index contributed by atoms with van der Waals surface area (Å²) in [4.78, 5) is 2.47. The topological polar surface area (TPSA) is 43.7 Å². The van der Waals surface area contributed by atoms with Crippen molar-refractivity contribution in [2.75, 3.05) is 19.7 Å². The Morgan fingerprint density at radius 3 is 2.70 bits per heavy atom. The van der Waals surface area contributed by atoms with E-state index in [1.807, 2.05) is 0 Å². The molecule has 4 atom stereocenters. The third-order valence-electron chi connectivity index (χ3n) is 5.43. The van der Waals surface area contributed by atoms with Crippen molar-refractivity contribution >= 4 is 0 Å². The lowest BCUT2D eigenvalue weighted by Gasteiger charge is -2.38. The number of rotatable bonds is 5. The summed E-state index contributed by atoms with van der Waals surface area (Å²) in [5.74, 6) is 1.24. The summed E-state index contributed by atoms with van der Waals surface area (Å²) in [5, 5.41) is 19.9. The Balaban J connectivity index is 1.91. The van der Waals surface area contributed by atoms with E-state index in [1.54, 1.807) is 0 Å². The summed E-state index contributed by atoms with van der Waals surface area (Å²) in [6.07, 6.45) is 10.7. The van der Waals surface area contributed by atoms with E-state index in [0.717, 1.165) is 31.8 Å². The third kappa shape index (κ3) is 4.44. The maximum Gasteiger partial charge on any atom is 0.0586 e. The van der Waals surface area contributed by atoms with Crippen LogP contribution in [0.25, 0.3) is 0 Å². The molecule has 118 valence electrons. The van der Waals surface area contributed by atoms with Gasteiger partial charge in [0.05, 0.1) is 12.7 Å². The Morgan fingerprint density at radius 2 is 1.95 bits per heavy atom. The van der Waals surface area contributed by atoms with Gasteiger partial charge in [-0.25, -0.2) is 0 Å². The van der Waals surface area contributed by atoms with Crippen LogP contribution in [0.5, 0.6) is 0 Å². The van der Waals surface area contributed by atoms with Crippen LogP contribution in [0.1, 0.15) is 64.7 Å². The summed E-state index contributed by atoms with van der Waals surface area (Å²) < 4.78 is 0. The number of nitrogens with zero attached hydrogens (tertiary/aromatic N) is 1. The van der Waals surface area contributed by atoms with Crippen molar-refractivity contribution in [3.63, 3.8) is 0 Å². The lowest BCUT2D eigenvalue weighted by atomic mass is 9.77. The van der Waals surface area contributed by atoms with Gasteiger partial charge >= 0.3 is 0 Å². The monoisotopic (exact) mass is 283 g/mol. The van der Waals surface area contributed by atoms with Crippen molar-refractivity contribution in [1.82, 2.24) is 4.90 Å². The molecule has 20 heavy (non-hydrogen) atoms. The molecule has 2 fully saturated rings. The molecular formula is C17H33NO2. The second-order valence-electron chi connectivity index (χ2n) is 6.98. The van der Waals surface area contributed by atoms with Gasteiger partial charge in [0.2, 0.25) is 0 Å². The molecule has 3 nitrogen and oxygen atoms in total. The van der Waals surface area contributed by atoms with Crippen LogP contribution in [-0.4, -0.2) is 47.0 Å². The lowest BCUT2D eigenvalue weighted by molar-refractivity contribution is 0.0108. The Kier molecular flexibility index (Phi) is 6.79. The van der Waals surface area contributed by atoms with E-state index in [9.17, 15) is 10.2 Å². The summed E-state index contributed by atoms with van der Waals surface area (Å²) in [6, 6.07) is 0.330. The molecule has 0 spiro atoms. The van der Waals surface area contributed by atoms with E-state index in [4.69, 9.17) is 0 Å². The number of likely N-dealkylation sites (tertiary alicyclic amines) is 1. The number of aliphatic hydroxyl groups excluding tert-OH is 2. The lowest BCUT2D eigenvalue weighted by Crippen LogP contribution is -2.44. The predicted molar refractivity (Wildman–Crippen MR) is 82.7 cm³/mol. The normalized spacial score (nSPS) is 36.8. The smallest absolute Gasteiger partial charge is 0.0586 e. The van der Waals surface area contributed by atoms with Crippen LogP contribution in [-0.2, 0) is 0 Å². The second kappa shape index (κ2) is 8.35. The SMILES string of the molecule is CCCC1CCC(O)C(CN2CCCCCC2CO)C1. The molecule has 4 unspecified atom stereocenters. The predicted octanol–water partition coefficient (Wildman–Crippen LogP) is 2.80. The molecular weight excluding hydrogens is 250 g/mol. The number of hydrogen-bond donors (Lipinski definition) is 2. The molecule has 1 saturated heterocycles. The number of aliphatic hydroxyl groups is 2. The van der Waals surface area contributed by atoms with Gasteiger partial charge in [-0.3, -0.25) is 4.90 Å². The van der Waals surface area contributed by atoms with E-state index in [-0.39, 0.29) is 12.7 Å². The maximum absolute atomic E-state index is 10.3. The first kappa shape index (κ1) is 16.3. The van der Waals surface area contributed by atoms with Crippen molar-refractivity contribution in [2.45, 2.75) is 76.9 Å². The minimum Gasteiger partial charge on any atom is -0.395 e. The Morgan fingerprint density at radius 1 is 1.10 bits per heavy atom. The van der Waals surface area contributed by atoms with Gasteiger partial charge in [0.15, 0.2) is 0 Å². The molecule has 1 aliphatic carbocycles. The van der Waals surface area contributed by atoms with Crippen LogP contribution in [0, 0.1) is 11.8 Å². The van der Waals surface area contributed by atoms with E-state index in [1.165, 1.54) is 44.9 Å². The fourth-order valence-electron chi connectivity index (χ4n) is 4.20. The zero-order chi connectivity index (χ0) is 14.4. The molecule has 1 saturated carbocycles. The van der Waals surface area contributed by atoms with Gasteiger partial charge in [0.25, 0.3) is 0 Å². The first-order valence-electron chi connectivity index (χ1n) is 8.77. The molecule has 0 bridgehead atoms. The van der Waals surface area contributed by atoms with Crippen LogP contribution in [0.4, 0.5) is 0 Å². The van der Waals surface area contributed by atoms with Crippen molar-refractivity contribution in [2.24, 2.45) is 11.8 Å². The fraction of sp³-hybridized carbons (Fsp3) is 1.00. The van der Waals surface area contributed by atoms with E-state index >= 15 is 0 Å². The van der Waals surface area contributed by atoms with Gasteiger partial charge in [0.1, 0.15) is 0 Å². The average molecular weight is 283 g/mol. The highest BCUT2D eigenvalue weighted by atomic mass is 16.3. The Labute approximate surface area is 124 Å². The van der Waals surface area contributed by atoms with Crippen molar-refractivity contribution in [3.05, 3.63) is 0 Å². The molecule has 2 rings (SSSR count). The van der Waals surface area contributed by atoms with Gasteiger partial charge in [-0.1, -0.05) is 32.6 Å². The first-order valence-corrected chi connectivity index (χ1v) is 8.77. The molecule has 0 aromatic rings. The third-order valence-corrected chi connectivity index (χ3v) is 5.43. The first-order chi connectivity index (χ1) is 9.74. The van der Waals surface area contributed by atoms with Crippen LogP contribution in [0.15, 0.2) is 0 Å². The van der Waals surface area contributed by atoms with Gasteiger partial charge in [-0.15, -0.1) is 0 Å². The highest BCUT2D eigenvalue weighted by Gasteiger charge is 2.32. The molecule has 2 N–H and O–H groups in total. The quantitative estimate of drug-likeness (QED) is 0.815. The van der Waals surface area contributed by atoms with Gasteiger partial charge < -0.3 is 10.2 Å². The molecule has 1 heterocycles. The van der Waals surface area contributed by atoms with E-state index < -0.39 is 0 Å². The number of hydrogen-bond acceptors (Lipinski definition) is 3. The minimum atomic E-state index is -0.120. The average Bonchev–Trinajstić information content (AvgIpc) is 2.68. The maximum atomic E-state index is 10.3. The van der Waals surface area contributed by atoms with Gasteiger partial charge in [-0.05, 0) is 50.5 Å². The zero-order valence-electron chi connectivity index (χ0n) is 13.1.